The van der Waals surface area contributed by atoms with E-state index < -0.39 is 0 Å². The summed E-state index contributed by atoms with van der Waals surface area (Å²) in [6, 6.07) is 9.46. The molecule has 0 saturated heterocycles. The van der Waals surface area contributed by atoms with Gasteiger partial charge in [-0.3, -0.25) is 0 Å². The summed E-state index contributed by atoms with van der Waals surface area (Å²) in [4.78, 5) is 0. The first-order valence-corrected chi connectivity index (χ1v) is 7.98. The minimum Gasteiger partial charge on any atom is -0.493 e. The minimum absolute atomic E-state index is 0.531. The molecular formula is C15H14Cl2INO2. The van der Waals surface area contributed by atoms with Gasteiger partial charge in [-0.1, -0.05) is 23.2 Å². The number of hydrogen-bond donors (Lipinski definition) is 1. The van der Waals surface area contributed by atoms with Crippen LogP contribution >= 0.6 is 45.8 Å². The lowest BCUT2D eigenvalue weighted by atomic mass is 10.2. The van der Waals surface area contributed by atoms with Crippen LogP contribution in [0.4, 0.5) is 5.69 Å². The minimum atomic E-state index is 0.531. The second-order valence-corrected chi connectivity index (χ2v) is 6.27. The van der Waals surface area contributed by atoms with Gasteiger partial charge in [0.25, 0.3) is 0 Å². The molecule has 21 heavy (non-hydrogen) atoms. The zero-order valence-corrected chi connectivity index (χ0v) is 15.2. The van der Waals surface area contributed by atoms with Gasteiger partial charge in [0.15, 0.2) is 11.5 Å². The first-order valence-electron chi connectivity index (χ1n) is 6.14. The highest BCUT2D eigenvalue weighted by Gasteiger charge is 2.10. The molecule has 0 unspecified atom stereocenters. The summed E-state index contributed by atoms with van der Waals surface area (Å²) in [5.74, 6) is 1.46. The third-order valence-electron chi connectivity index (χ3n) is 2.91. The fourth-order valence-electron chi connectivity index (χ4n) is 1.88. The van der Waals surface area contributed by atoms with Gasteiger partial charge in [-0.2, -0.15) is 0 Å². The van der Waals surface area contributed by atoms with Crippen LogP contribution in [0.1, 0.15) is 5.56 Å². The summed E-state index contributed by atoms with van der Waals surface area (Å²) in [7, 11) is 3.26. The van der Waals surface area contributed by atoms with Gasteiger partial charge in [0, 0.05) is 12.2 Å². The molecule has 0 amide bonds. The number of halogens is 3. The summed E-state index contributed by atoms with van der Waals surface area (Å²) in [5.41, 5.74) is 2.00. The van der Waals surface area contributed by atoms with Crippen LogP contribution < -0.4 is 14.8 Å². The molecule has 0 aliphatic heterocycles. The monoisotopic (exact) mass is 437 g/mol. The summed E-state index contributed by atoms with van der Waals surface area (Å²) in [6.07, 6.45) is 0. The Bertz CT molecular complexity index is 650. The van der Waals surface area contributed by atoms with Crippen molar-refractivity contribution in [3.63, 3.8) is 0 Å². The molecule has 0 spiro atoms. The van der Waals surface area contributed by atoms with Crippen molar-refractivity contribution < 1.29 is 9.47 Å². The van der Waals surface area contributed by atoms with Gasteiger partial charge in [-0.05, 0) is 58.5 Å². The Morgan fingerprint density at radius 1 is 1.05 bits per heavy atom. The molecule has 0 fully saturated rings. The third-order valence-corrected chi connectivity index (χ3v) is 4.45. The van der Waals surface area contributed by atoms with Crippen LogP contribution in [0.25, 0.3) is 0 Å². The Hall–Kier alpha value is -0.850. The molecule has 6 heteroatoms. The van der Waals surface area contributed by atoms with E-state index >= 15 is 0 Å². The van der Waals surface area contributed by atoms with Crippen LogP contribution in [0.5, 0.6) is 11.5 Å². The van der Waals surface area contributed by atoms with Crippen LogP contribution in [-0.2, 0) is 6.54 Å². The van der Waals surface area contributed by atoms with Gasteiger partial charge >= 0.3 is 0 Å². The summed E-state index contributed by atoms with van der Waals surface area (Å²) in [6.45, 7) is 0.647. The maximum Gasteiger partial charge on any atom is 0.174 e. The zero-order valence-electron chi connectivity index (χ0n) is 11.5. The van der Waals surface area contributed by atoms with Crippen molar-refractivity contribution in [2.45, 2.75) is 6.54 Å². The van der Waals surface area contributed by atoms with Crippen molar-refractivity contribution in [1.29, 1.82) is 0 Å². The molecule has 2 aromatic rings. The Balaban J connectivity index is 2.16. The first kappa shape index (κ1) is 16.5. The number of benzene rings is 2. The van der Waals surface area contributed by atoms with Gasteiger partial charge in [0.2, 0.25) is 0 Å². The topological polar surface area (TPSA) is 30.5 Å². The lowest BCUT2D eigenvalue weighted by Crippen LogP contribution is -2.02. The second-order valence-electron chi connectivity index (χ2n) is 4.30. The van der Waals surface area contributed by atoms with E-state index in [1.165, 1.54) is 0 Å². The largest absolute Gasteiger partial charge is 0.493 e. The molecule has 3 nitrogen and oxygen atoms in total. The van der Waals surface area contributed by atoms with E-state index in [4.69, 9.17) is 32.7 Å². The van der Waals surface area contributed by atoms with E-state index in [-0.39, 0.29) is 0 Å². The van der Waals surface area contributed by atoms with Gasteiger partial charge < -0.3 is 14.8 Å². The van der Waals surface area contributed by atoms with Crippen molar-refractivity contribution in [2.24, 2.45) is 0 Å². The van der Waals surface area contributed by atoms with Crippen LogP contribution in [0, 0.1) is 3.57 Å². The smallest absolute Gasteiger partial charge is 0.174 e. The number of hydrogen-bond acceptors (Lipinski definition) is 3. The highest BCUT2D eigenvalue weighted by Crippen LogP contribution is 2.34. The molecule has 0 atom stereocenters. The molecule has 0 aliphatic carbocycles. The Morgan fingerprint density at radius 3 is 2.43 bits per heavy atom. The van der Waals surface area contributed by atoms with E-state index in [0.29, 0.717) is 16.6 Å². The predicted molar refractivity (Wildman–Crippen MR) is 96.1 cm³/mol. The molecule has 2 rings (SSSR count). The number of ether oxygens (including phenoxy) is 2. The highest BCUT2D eigenvalue weighted by molar-refractivity contribution is 14.1. The summed E-state index contributed by atoms with van der Waals surface area (Å²) in [5, 5.41) is 4.38. The molecule has 0 radical (unpaired) electrons. The number of rotatable bonds is 5. The lowest BCUT2D eigenvalue weighted by molar-refractivity contribution is 0.352. The molecule has 0 aromatic heterocycles. The van der Waals surface area contributed by atoms with E-state index in [9.17, 15) is 0 Å². The van der Waals surface area contributed by atoms with E-state index in [2.05, 4.69) is 27.9 Å². The predicted octanol–water partition coefficient (Wildman–Crippen LogP) is 5.23. The number of methoxy groups -OCH3 is 2. The second kappa shape index (κ2) is 7.42. The maximum absolute atomic E-state index is 6.00. The van der Waals surface area contributed by atoms with Gasteiger partial charge in [-0.25, -0.2) is 0 Å². The van der Waals surface area contributed by atoms with Gasteiger partial charge in [-0.15, -0.1) is 0 Å². The molecule has 0 saturated carbocycles. The van der Waals surface area contributed by atoms with Crippen molar-refractivity contribution in [2.75, 3.05) is 19.5 Å². The summed E-state index contributed by atoms with van der Waals surface area (Å²) >= 11 is 14.1. The molecule has 112 valence electrons. The number of nitrogens with one attached hydrogen (secondary N) is 1. The average molecular weight is 438 g/mol. The number of anilines is 1. The van der Waals surface area contributed by atoms with Crippen molar-refractivity contribution >= 4 is 51.5 Å². The van der Waals surface area contributed by atoms with Gasteiger partial charge in [0.05, 0.1) is 27.8 Å². The fourth-order valence-corrected chi connectivity index (χ4v) is 3.07. The quantitative estimate of drug-likeness (QED) is 0.650. The van der Waals surface area contributed by atoms with Crippen LogP contribution in [0.3, 0.4) is 0 Å². The molecule has 1 N–H and O–H groups in total. The van der Waals surface area contributed by atoms with E-state index in [0.717, 1.165) is 26.3 Å². The molecule has 0 aliphatic rings. The van der Waals surface area contributed by atoms with Crippen LogP contribution in [-0.4, -0.2) is 14.2 Å². The Labute approximate surface area is 147 Å². The molecule has 0 heterocycles. The highest BCUT2D eigenvalue weighted by atomic mass is 127. The molecule has 2 aromatic carbocycles. The SMILES string of the molecule is COc1cc(CNc2ccc(Cl)c(Cl)c2)cc(I)c1OC. The standard InChI is InChI=1S/C15H14Cl2INO2/c1-20-14-6-9(5-13(18)15(14)21-2)8-19-10-3-4-11(16)12(17)7-10/h3-7,19H,8H2,1-2H3. The summed E-state index contributed by atoms with van der Waals surface area (Å²) < 4.78 is 11.7. The molecular weight excluding hydrogens is 424 g/mol. The first-order chi connectivity index (χ1) is 10.0. The normalized spacial score (nSPS) is 10.3. The maximum atomic E-state index is 6.00. The van der Waals surface area contributed by atoms with Crippen molar-refractivity contribution in [3.05, 3.63) is 49.5 Å². The Morgan fingerprint density at radius 2 is 1.81 bits per heavy atom. The van der Waals surface area contributed by atoms with E-state index in [1.54, 1.807) is 26.4 Å². The lowest BCUT2D eigenvalue weighted by Gasteiger charge is -2.13. The zero-order chi connectivity index (χ0) is 15.4. The third kappa shape index (κ3) is 4.08. The van der Waals surface area contributed by atoms with Crippen molar-refractivity contribution in [3.8, 4) is 11.5 Å². The van der Waals surface area contributed by atoms with Crippen molar-refractivity contribution in [1.82, 2.24) is 0 Å². The van der Waals surface area contributed by atoms with Crippen LogP contribution in [0.2, 0.25) is 10.0 Å². The average Bonchev–Trinajstić information content (AvgIpc) is 2.47. The van der Waals surface area contributed by atoms with Crippen LogP contribution in [0.15, 0.2) is 30.3 Å². The fraction of sp³-hybridized carbons (Fsp3) is 0.200. The molecule has 0 bridgehead atoms. The Kier molecular flexibility index (Phi) is 5.84. The van der Waals surface area contributed by atoms with Gasteiger partial charge in [0.1, 0.15) is 0 Å². The van der Waals surface area contributed by atoms with E-state index in [1.807, 2.05) is 18.2 Å².